The Morgan fingerprint density at radius 2 is 1.54 bits per heavy atom. The van der Waals surface area contributed by atoms with Gasteiger partial charge in [0.1, 0.15) is 24.0 Å². The predicted molar refractivity (Wildman–Crippen MR) is 134 cm³/mol. The Bertz CT molecular complexity index is 1570. The number of benzene rings is 4. The quantitative estimate of drug-likeness (QED) is 0.237. The van der Waals surface area contributed by atoms with E-state index in [4.69, 9.17) is 4.74 Å². The third kappa shape index (κ3) is 6.23. The normalized spacial score (nSPS) is 11.2. The van der Waals surface area contributed by atoms with E-state index in [-0.39, 0.29) is 44.8 Å². The summed E-state index contributed by atoms with van der Waals surface area (Å²) in [5, 5.41) is 12.4. The highest BCUT2D eigenvalue weighted by Gasteiger charge is 2.32. The zero-order valence-corrected chi connectivity index (χ0v) is 20.3. The number of anilines is 1. The second kappa shape index (κ2) is 10.9. The molecule has 0 aliphatic heterocycles. The van der Waals surface area contributed by atoms with E-state index in [9.17, 15) is 36.6 Å². The number of halogens is 5. The molecule has 39 heavy (non-hydrogen) atoms. The summed E-state index contributed by atoms with van der Waals surface area (Å²) in [6.45, 7) is 0.856. The van der Waals surface area contributed by atoms with Gasteiger partial charge in [-0.3, -0.25) is 4.79 Å². The molecule has 0 aromatic heterocycles. The van der Waals surface area contributed by atoms with Crippen LogP contribution in [-0.4, -0.2) is 17.0 Å². The van der Waals surface area contributed by atoms with Gasteiger partial charge in [-0.15, -0.1) is 0 Å². The number of aromatic carboxylic acids is 1. The summed E-state index contributed by atoms with van der Waals surface area (Å²) in [7, 11) is 0. The summed E-state index contributed by atoms with van der Waals surface area (Å²) < 4.78 is 74.1. The van der Waals surface area contributed by atoms with Crippen LogP contribution in [0.2, 0.25) is 0 Å². The zero-order valence-electron chi connectivity index (χ0n) is 20.3. The molecule has 4 aromatic carbocycles. The molecular weight excluding hydrogens is 521 g/mol. The number of carbonyl (C=O) groups excluding carboxylic acids is 1. The molecule has 1 amide bonds. The average molecular weight is 541 g/mol. The Morgan fingerprint density at radius 1 is 0.846 bits per heavy atom. The van der Waals surface area contributed by atoms with Crippen LogP contribution in [0.25, 0.3) is 22.3 Å². The van der Waals surface area contributed by atoms with Gasteiger partial charge in [-0.2, -0.15) is 13.2 Å². The Kier molecular flexibility index (Phi) is 7.66. The minimum Gasteiger partial charge on any atom is -0.488 e. The highest BCUT2D eigenvalue weighted by atomic mass is 19.4. The summed E-state index contributed by atoms with van der Waals surface area (Å²) >= 11 is 0. The van der Waals surface area contributed by atoms with Crippen LogP contribution < -0.4 is 10.1 Å². The van der Waals surface area contributed by atoms with Crippen LogP contribution in [0, 0.1) is 11.6 Å². The van der Waals surface area contributed by atoms with Gasteiger partial charge in [-0.1, -0.05) is 30.3 Å². The first-order valence-electron chi connectivity index (χ1n) is 11.5. The fraction of sp³-hybridized carbons (Fsp3) is 0.103. The maximum atomic E-state index is 14.2. The minimum atomic E-state index is -4.70. The average Bonchev–Trinajstić information content (AvgIpc) is 2.87. The summed E-state index contributed by atoms with van der Waals surface area (Å²) in [5.74, 6) is -3.44. The molecule has 4 rings (SSSR count). The lowest BCUT2D eigenvalue weighted by Crippen LogP contribution is -2.08. The predicted octanol–water partition coefficient (Wildman–Crippen LogP) is 7.55. The number of hydrogen-bond acceptors (Lipinski definition) is 3. The van der Waals surface area contributed by atoms with Crippen molar-refractivity contribution in [2.45, 2.75) is 19.7 Å². The van der Waals surface area contributed by atoms with Crippen molar-refractivity contribution in [1.82, 2.24) is 0 Å². The fourth-order valence-corrected chi connectivity index (χ4v) is 4.03. The van der Waals surface area contributed by atoms with Gasteiger partial charge >= 0.3 is 12.1 Å². The van der Waals surface area contributed by atoms with E-state index in [1.165, 1.54) is 31.2 Å². The number of ether oxygens (including phenoxy) is 1. The molecule has 0 fully saturated rings. The van der Waals surface area contributed by atoms with Gasteiger partial charge in [0.15, 0.2) is 0 Å². The summed E-state index contributed by atoms with van der Waals surface area (Å²) in [5.41, 5.74) is -0.314. The highest BCUT2D eigenvalue weighted by Crippen LogP contribution is 2.42. The first-order valence-corrected chi connectivity index (χ1v) is 11.5. The van der Waals surface area contributed by atoms with Gasteiger partial charge in [0.2, 0.25) is 5.91 Å². The van der Waals surface area contributed by atoms with Crippen LogP contribution in [0.1, 0.15) is 28.4 Å². The molecule has 0 unspecified atom stereocenters. The molecule has 2 N–H and O–H groups in total. The molecule has 0 heterocycles. The first kappa shape index (κ1) is 27.3. The zero-order chi connectivity index (χ0) is 28.3. The van der Waals surface area contributed by atoms with Gasteiger partial charge < -0.3 is 15.2 Å². The van der Waals surface area contributed by atoms with Crippen LogP contribution in [0.4, 0.5) is 27.6 Å². The molecule has 4 aromatic rings. The second-order valence-electron chi connectivity index (χ2n) is 8.53. The lowest BCUT2D eigenvalue weighted by molar-refractivity contribution is -0.137. The van der Waals surface area contributed by atoms with E-state index in [2.05, 4.69) is 5.32 Å². The van der Waals surface area contributed by atoms with Crippen molar-refractivity contribution in [2.75, 3.05) is 5.32 Å². The number of nitrogens with one attached hydrogen (secondary N) is 1. The minimum absolute atomic E-state index is 0.0164. The number of carboxylic acid groups (broad SMARTS) is 1. The Balaban J connectivity index is 1.86. The smallest absolute Gasteiger partial charge is 0.416 e. The van der Waals surface area contributed by atoms with Crippen molar-refractivity contribution in [3.63, 3.8) is 0 Å². The molecule has 0 saturated carbocycles. The van der Waals surface area contributed by atoms with E-state index in [0.29, 0.717) is 6.07 Å². The number of hydrogen-bond donors (Lipinski definition) is 2. The summed E-state index contributed by atoms with van der Waals surface area (Å²) in [6.07, 6.45) is -4.70. The van der Waals surface area contributed by atoms with Crippen LogP contribution in [0.5, 0.6) is 5.75 Å². The Labute approximate surface area is 219 Å². The van der Waals surface area contributed by atoms with E-state index in [1.54, 1.807) is 18.2 Å². The second-order valence-corrected chi connectivity index (χ2v) is 8.53. The summed E-state index contributed by atoms with van der Waals surface area (Å²) in [4.78, 5) is 23.5. The van der Waals surface area contributed by atoms with Crippen molar-refractivity contribution in [1.29, 1.82) is 0 Å². The third-order valence-electron chi connectivity index (χ3n) is 5.78. The van der Waals surface area contributed by atoms with Crippen LogP contribution in [0.15, 0.2) is 78.9 Å². The third-order valence-corrected chi connectivity index (χ3v) is 5.78. The number of rotatable bonds is 7. The molecular formula is C29H20F5NO4. The van der Waals surface area contributed by atoms with Crippen molar-refractivity contribution >= 4 is 17.6 Å². The van der Waals surface area contributed by atoms with E-state index in [1.807, 2.05) is 0 Å². The Hall–Kier alpha value is -4.73. The molecule has 200 valence electrons. The lowest BCUT2D eigenvalue weighted by Gasteiger charge is -2.18. The molecule has 5 nitrogen and oxygen atoms in total. The molecule has 0 spiro atoms. The van der Waals surface area contributed by atoms with E-state index >= 15 is 0 Å². The lowest BCUT2D eigenvalue weighted by atomic mass is 9.90. The topological polar surface area (TPSA) is 75.6 Å². The fourth-order valence-electron chi connectivity index (χ4n) is 4.03. The Morgan fingerprint density at radius 3 is 2.15 bits per heavy atom. The molecule has 0 aliphatic rings. The standard InChI is InChI=1S/C29H20F5NO4/c1-16(36)35-20-9-10-23(25(14-20)28(37)38)21-4-2-3-5-22(21)24-12-18(29(32,33)34)7-11-27(24)39-15-17-6-8-19(30)13-26(17)31/h2-14H,15H2,1H3,(H,35,36)(H,37,38). The number of carboxylic acids is 1. The first-order chi connectivity index (χ1) is 18.4. The van der Waals surface area contributed by atoms with Crippen LogP contribution >= 0.6 is 0 Å². The highest BCUT2D eigenvalue weighted by molar-refractivity contribution is 6.01. The van der Waals surface area contributed by atoms with Gasteiger partial charge in [-0.25, -0.2) is 13.6 Å². The van der Waals surface area contributed by atoms with Crippen molar-refractivity contribution in [3.8, 4) is 28.0 Å². The van der Waals surface area contributed by atoms with Crippen molar-refractivity contribution in [2.24, 2.45) is 0 Å². The van der Waals surface area contributed by atoms with Crippen LogP contribution in [0.3, 0.4) is 0 Å². The SMILES string of the molecule is CC(=O)Nc1ccc(-c2ccccc2-c2cc(C(F)(F)F)ccc2OCc2ccc(F)cc2F)c(C(=O)O)c1. The number of amides is 1. The molecule has 0 bridgehead atoms. The van der Waals surface area contributed by atoms with Crippen molar-refractivity contribution in [3.05, 3.63) is 107 Å². The molecule has 10 heteroatoms. The molecule has 0 atom stereocenters. The van der Waals surface area contributed by atoms with Gasteiger partial charge in [0, 0.05) is 29.8 Å². The number of alkyl halides is 3. The maximum Gasteiger partial charge on any atom is 0.416 e. The van der Waals surface area contributed by atoms with Crippen LogP contribution in [-0.2, 0) is 17.6 Å². The van der Waals surface area contributed by atoms with E-state index in [0.717, 1.165) is 30.3 Å². The molecule has 0 aliphatic carbocycles. The molecule has 0 radical (unpaired) electrons. The number of carbonyl (C=O) groups is 2. The maximum absolute atomic E-state index is 14.2. The van der Waals surface area contributed by atoms with Gasteiger partial charge in [0.05, 0.1) is 11.1 Å². The largest absolute Gasteiger partial charge is 0.488 e. The van der Waals surface area contributed by atoms with Crippen molar-refractivity contribution < 1.29 is 41.4 Å². The van der Waals surface area contributed by atoms with Gasteiger partial charge in [-0.05, 0) is 59.2 Å². The summed E-state index contributed by atoms with van der Waals surface area (Å²) in [6, 6.07) is 16.0. The van der Waals surface area contributed by atoms with E-state index < -0.39 is 41.9 Å². The van der Waals surface area contributed by atoms with Gasteiger partial charge in [0.25, 0.3) is 0 Å². The monoisotopic (exact) mass is 541 g/mol. The molecule has 0 saturated heterocycles.